The Kier molecular flexibility index (Phi) is 8.61. The highest BCUT2D eigenvalue weighted by Crippen LogP contribution is 2.31. The van der Waals surface area contributed by atoms with Crippen molar-refractivity contribution in [1.82, 2.24) is 0 Å². The zero-order chi connectivity index (χ0) is 23.3. The van der Waals surface area contributed by atoms with Crippen molar-refractivity contribution in [2.24, 2.45) is 0 Å². The number of benzene rings is 3. The standard InChI is InChI=1S/C21H16Cl4N2O3S2/c22-16-3-1-4-17(23)15(16)11-31-12-20(28)26-13-7-9-14(10-8-13)32(29,30)27-19-6-2-5-18(24)21(19)25/h1-10,27H,11-12H2,(H,26,28). The first-order chi connectivity index (χ1) is 15.2. The number of hydrogen-bond acceptors (Lipinski definition) is 4. The van der Waals surface area contributed by atoms with E-state index in [4.69, 9.17) is 46.4 Å². The molecule has 5 nitrogen and oxygen atoms in total. The highest BCUT2D eigenvalue weighted by atomic mass is 35.5. The van der Waals surface area contributed by atoms with Gasteiger partial charge in [-0.3, -0.25) is 9.52 Å². The SMILES string of the molecule is O=C(CSCc1c(Cl)cccc1Cl)Nc1ccc(S(=O)(=O)Nc2cccc(Cl)c2Cl)cc1. The molecule has 11 heteroatoms. The van der Waals surface area contributed by atoms with Crippen LogP contribution < -0.4 is 10.0 Å². The van der Waals surface area contributed by atoms with Gasteiger partial charge in [-0.1, -0.05) is 58.5 Å². The van der Waals surface area contributed by atoms with E-state index in [0.717, 1.165) is 5.56 Å². The molecule has 0 unspecified atom stereocenters. The number of carbonyl (C=O) groups excluding carboxylic acids is 1. The number of thioether (sulfide) groups is 1. The van der Waals surface area contributed by atoms with Gasteiger partial charge in [-0.2, -0.15) is 0 Å². The molecule has 0 saturated heterocycles. The summed E-state index contributed by atoms with van der Waals surface area (Å²) in [5.41, 5.74) is 1.41. The minimum atomic E-state index is -3.89. The molecule has 2 N–H and O–H groups in total. The third-order valence-electron chi connectivity index (χ3n) is 4.19. The lowest BCUT2D eigenvalue weighted by molar-refractivity contribution is -0.113. The molecule has 0 bridgehead atoms. The minimum Gasteiger partial charge on any atom is -0.325 e. The Morgan fingerprint density at radius 2 is 1.44 bits per heavy atom. The van der Waals surface area contributed by atoms with Crippen LogP contribution >= 0.6 is 58.2 Å². The molecule has 168 valence electrons. The number of anilines is 2. The summed E-state index contributed by atoms with van der Waals surface area (Å²) in [6.07, 6.45) is 0. The first-order valence-corrected chi connectivity index (χ1v) is 13.2. The molecule has 3 rings (SSSR count). The van der Waals surface area contributed by atoms with Gasteiger partial charge in [-0.05, 0) is 54.1 Å². The molecule has 0 aliphatic carbocycles. The summed E-state index contributed by atoms with van der Waals surface area (Å²) in [5, 5.41) is 4.17. The van der Waals surface area contributed by atoms with Gasteiger partial charge in [0.1, 0.15) is 0 Å². The molecule has 0 spiro atoms. The van der Waals surface area contributed by atoms with E-state index in [2.05, 4.69) is 10.0 Å². The predicted octanol–water partition coefficient (Wildman–Crippen LogP) is 6.97. The summed E-state index contributed by atoms with van der Waals surface area (Å²) in [7, 11) is -3.89. The third kappa shape index (κ3) is 6.47. The Balaban J connectivity index is 1.58. The van der Waals surface area contributed by atoms with Crippen LogP contribution in [-0.2, 0) is 20.6 Å². The van der Waals surface area contributed by atoms with Crippen molar-refractivity contribution in [3.05, 3.63) is 86.3 Å². The molecule has 0 heterocycles. The van der Waals surface area contributed by atoms with Gasteiger partial charge < -0.3 is 5.32 Å². The van der Waals surface area contributed by atoms with Crippen LogP contribution in [0.15, 0.2) is 65.6 Å². The van der Waals surface area contributed by atoms with Crippen molar-refractivity contribution in [3.8, 4) is 0 Å². The summed E-state index contributed by atoms with van der Waals surface area (Å²) >= 11 is 25.6. The number of halogens is 4. The van der Waals surface area contributed by atoms with Crippen molar-refractivity contribution in [3.63, 3.8) is 0 Å². The van der Waals surface area contributed by atoms with Crippen LogP contribution in [0.5, 0.6) is 0 Å². The first kappa shape index (κ1) is 25.0. The lowest BCUT2D eigenvalue weighted by Crippen LogP contribution is -2.15. The summed E-state index contributed by atoms with van der Waals surface area (Å²) in [5.74, 6) is 0.426. The van der Waals surface area contributed by atoms with Gasteiger partial charge in [-0.25, -0.2) is 8.42 Å². The number of sulfonamides is 1. The van der Waals surface area contributed by atoms with Crippen molar-refractivity contribution in [2.75, 3.05) is 15.8 Å². The second-order valence-corrected chi connectivity index (χ2v) is 10.7. The van der Waals surface area contributed by atoms with Crippen LogP contribution in [0.3, 0.4) is 0 Å². The summed E-state index contributed by atoms with van der Waals surface area (Å²) < 4.78 is 27.6. The fourth-order valence-electron chi connectivity index (χ4n) is 2.62. The lowest BCUT2D eigenvalue weighted by atomic mass is 10.2. The second-order valence-electron chi connectivity index (χ2n) is 6.47. The molecule has 0 radical (unpaired) electrons. The molecular weight excluding hydrogens is 534 g/mol. The van der Waals surface area contributed by atoms with Gasteiger partial charge in [0.25, 0.3) is 10.0 Å². The van der Waals surface area contributed by atoms with E-state index in [9.17, 15) is 13.2 Å². The normalized spacial score (nSPS) is 11.2. The molecule has 0 saturated carbocycles. The van der Waals surface area contributed by atoms with Crippen LogP contribution in [0.1, 0.15) is 5.56 Å². The summed E-state index contributed by atoms with van der Waals surface area (Å²) in [4.78, 5) is 12.2. The van der Waals surface area contributed by atoms with Crippen LogP contribution in [0.2, 0.25) is 20.1 Å². The van der Waals surface area contributed by atoms with Crippen molar-refractivity contribution < 1.29 is 13.2 Å². The van der Waals surface area contributed by atoms with Crippen LogP contribution in [0.25, 0.3) is 0 Å². The van der Waals surface area contributed by atoms with Gasteiger partial charge in [0.2, 0.25) is 5.91 Å². The number of nitrogens with one attached hydrogen (secondary N) is 2. The van der Waals surface area contributed by atoms with Gasteiger partial charge in [0, 0.05) is 21.5 Å². The number of rotatable bonds is 8. The Bertz CT molecular complexity index is 1220. The van der Waals surface area contributed by atoms with E-state index < -0.39 is 10.0 Å². The molecule has 32 heavy (non-hydrogen) atoms. The molecular formula is C21H16Cl4N2O3S2. The summed E-state index contributed by atoms with van der Waals surface area (Å²) in [6, 6.07) is 15.7. The van der Waals surface area contributed by atoms with E-state index in [-0.39, 0.29) is 32.3 Å². The second kappa shape index (κ2) is 11.0. The van der Waals surface area contributed by atoms with Gasteiger partial charge in [-0.15, -0.1) is 11.8 Å². The fourth-order valence-corrected chi connectivity index (χ4v) is 5.66. The Morgan fingerprint density at radius 3 is 2.09 bits per heavy atom. The van der Waals surface area contributed by atoms with Crippen LogP contribution in [0.4, 0.5) is 11.4 Å². The Hall–Kier alpha value is -1.61. The Labute approximate surface area is 210 Å². The van der Waals surface area contributed by atoms with Gasteiger partial charge >= 0.3 is 0 Å². The minimum absolute atomic E-state index is 0.00859. The van der Waals surface area contributed by atoms with Crippen molar-refractivity contribution in [2.45, 2.75) is 10.6 Å². The molecule has 0 aliphatic heterocycles. The van der Waals surface area contributed by atoms with Gasteiger partial charge in [0.15, 0.2) is 0 Å². The van der Waals surface area contributed by atoms with E-state index in [1.54, 1.807) is 30.3 Å². The molecule has 0 aliphatic rings. The fraction of sp³-hybridized carbons (Fsp3) is 0.0952. The topological polar surface area (TPSA) is 75.3 Å². The zero-order valence-corrected chi connectivity index (χ0v) is 20.9. The first-order valence-electron chi connectivity index (χ1n) is 9.05. The maximum atomic E-state index is 12.6. The Morgan fingerprint density at radius 1 is 0.844 bits per heavy atom. The average molecular weight is 550 g/mol. The van der Waals surface area contributed by atoms with E-state index in [0.29, 0.717) is 21.5 Å². The molecule has 1 amide bonds. The number of carbonyl (C=O) groups is 1. The quantitative estimate of drug-likeness (QED) is 0.318. The predicted molar refractivity (Wildman–Crippen MR) is 135 cm³/mol. The average Bonchev–Trinajstić information content (AvgIpc) is 2.74. The largest absolute Gasteiger partial charge is 0.325 e. The molecule has 3 aromatic rings. The number of hydrogen-bond donors (Lipinski definition) is 2. The van der Waals surface area contributed by atoms with Crippen LogP contribution in [0, 0.1) is 0 Å². The highest BCUT2D eigenvalue weighted by molar-refractivity contribution is 7.99. The molecule has 3 aromatic carbocycles. The van der Waals surface area contributed by atoms with Crippen LogP contribution in [-0.4, -0.2) is 20.1 Å². The van der Waals surface area contributed by atoms with Crippen molar-refractivity contribution >= 4 is 85.5 Å². The number of amides is 1. The van der Waals surface area contributed by atoms with E-state index >= 15 is 0 Å². The lowest BCUT2D eigenvalue weighted by Gasteiger charge is -2.11. The maximum absolute atomic E-state index is 12.6. The third-order valence-corrected chi connectivity index (χ3v) is 8.05. The highest BCUT2D eigenvalue weighted by Gasteiger charge is 2.17. The van der Waals surface area contributed by atoms with E-state index in [1.807, 2.05) is 0 Å². The van der Waals surface area contributed by atoms with Crippen molar-refractivity contribution in [1.29, 1.82) is 0 Å². The van der Waals surface area contributed by atoms with Gasteiger partial charge in [0.05, 0.1) is 26.4 Å². The molecule has 0 atom stereocenters. The maximum Gasteiger partial charge on any atom is 0.261 e. The molecule has 0 fully saturated rings. The summed E-state index contributed by atoms with van der Waals surface area (Å²) in [6.45, 7) is 0. The zero-order valence-electron chi connectivity index (χ0n) is 16.2. The molecule has 0 aromatic heterocycles. The van der Waals surface area contributed by atoms with E-state index in [1.165, 1.54) is 42.1 Å². The monoisotopic (exact) mass is 548 g/mol. The smallest absolute Gasteiger partial charge is 0.261 e.